The molecule has 1 unspecified atom stereocenters. The fourth-order valence-corrected chi connectivity index (χ4v) is 1.17. The lowest BCUT2D eigenvalue weighted by Gasteiger charge is -2.10. The second kappa shape index (κ2) is 10.3. The van der Waals surface area contributed by atoms with Crippen molar-refractivity contribution >= 4 is 5.97 Å². The van der Waals surface area contributed by atoms with Crippen molar-refractivity contribution in [2.24, 2.45) is 0 Å². The van der Waals surface area contributed by atoms with Gasteiger partial charge < -0.3 is 14.6 Å². The van der Waals surface area contributed by atoms with Gasteiger partial charge in [0.2, 0.25) is 0 Å². The Morgan fingerprint density at radius 3 is 2.65 bits per heavy atom. The van der Waals surface area contributed by atoms with Crippen molar-refractivity contribution in [1.82, 2.24) is 0 Å². The molecule has 1 radical (unpaired) electrons. The molecule has 0 aromatic carbocycles. The summed E-state index contributed by atoms with van der Waals surface area (Å²) in [6.45, 7) is 10.0. The van der Waals surface area contributed by atoms with Crippen LogP contribution in [0.5, 0.6) is 0 Å². The van der Waals surface area contributed by atoms with Gasteiger partial charge in [-0.2, -0.15) is 0 Å². The molecule has 99 valence electrons. The van der Waals surface area contributed by atoms with E-state index < -0.39 is 6.10 Å². The normalized spacial score (nSPS) is 12.2. The fourth-order valence-electron chi connectivity index (χ4n) is 1.17. The molecule has 0 saturated heterocycles. The van der Waals surface area contributed by atoms with Crippen molar-refractivity contribution < 1.29 is 19.4 Å². The summed E-state index contributed by atoms with van der Waals surface area (Å²) in [4.78, 5) is 11.0. The van der Waals surface area contributed by atoms with Gasteiger partial charge in [-0.05, 0) is 32.6 Å². The van der Waals surface area contributed by atoms with E-state index in [1.165, 1.54) is 0 Å². The van der Waals surface area contributed by atoms with E-state index in [0.29, 0.717) is 38.2 Å². The van der Waals surface area contributed by atoms with Crippen LogP contribution in [0.2, 0.25) is 0 Å². The van der Waals surface area contributed by atoms with Crippen LogP contribution in [0.3, 0.4) is 0 Å². The van der Waals surface area contributed by atoms with Gasteiger partial charge in [-0.15, -0.1) is 0 Å². The van der Waals surface area contributed by atoms with Crippen LogP contribution in [0.15, 0.2) is 12.2 Å². The molecule has 0 aliphatic heterocycles. The molecule has 1 N–H and O–H groups in total. The van der Waals surface area contributed by atoms with Crippen molar-refractivity contribution in [3.63, 3.8) is 0 Å². The van der Waals surface area contributed by atoms with E-state index in [1.54, 1.807) is 6.92 Å². The largest absolute Gasteiger partial charge is 0.462 e. The number of esters is 1. The number of ether oxygens (including phenoxy) is 2. The average Bonchev–Trinajstić information content (AvgIpc) is 2.28. The van der Waals surface area contributed by atoms with E-state index in [0.717, 1.165) is 12.8 Å². The number of unbranched alkanes of at least 4 members (excludes halogenated alkanes) is 1. The Bertz CT molecular complexity index is 225. The molecule has 0 spiro atoms. The monoisotopic (exact) mass is 243 g/mol. The molecule has 0 aromatic rings. The number of aliphatic hydroxyl groups is 1. The van der Waals surface area contributed by atoms with E-state index in [4.69, 9.17) is 9.47 Å². The lowest BCUT2D eigenvalue weighted by molar-refractivity contribution is -0.139. The van der Waals surface area contributed by atoms with E-state index in [-0.39, 0.29) is 5.97 Å². The molecule has 0 rings (SSSR count). The van der Waals surface area contributed by atoms with Crippen molar-refractivity contribution in [3.05, 3.63) is 19.1 Å². The molecule has 1 atom stereocenters. The van der Waals surface area contributed by atoms with Crippen LogP contribution in [-0.2, 0) is 14.3 Å². The average molecular weight is 243 g/mol. The maximum absolute atomic E-state index is 11.0. The highest BCUT2D eigenvalue weighted by Crippen LogP contribution is 2.03. The van der Waals surface area contributed by atoms with Gasteiger partial charge >= 0.3 is 5.97 Å². The molecule has 4 heteroatoms. The van der Waals surface area contributed by atoms with Crippen LogP contribution < -0.4 is 0 Å². The summed E-state index contributed by atoms with van der Waals surface area (Å²) in [5.41, 5.74) is 0.409. The Kier molecular flexibility index (Phi) is 9.77. The van der Waals surface area contributed by atoms with E-state index >= 15 is 0 Å². The third-order valence-electron chi connectivity index (χ3n) is 2.11. The zero-order valence-corrected chi connectivity index (χ0v) is 10.6. The smallest absolute Gasteiger partial charge is 0.333 e. The lowest BCUT2D eigenvalue weighted by Crippen LogP contribution is -2.16. The van der Waals surface area contributed by atoms with Gasteiger partial charge in [0.25, 0.3) is 0 Å². The fraction of sp³-hybridized carbons (Fsp3) is 0.692. The number of carbonyl (C=O) groups excluding carboxylic acids is 1. The Hall–Kier alpha value is -0.870. The number of carbonyl (C=O) groups is 1. The van der Waals surface area contributed by atoms with Gasteiger partial charge in [0.1, 0.15) is 0 Å². The third kappa shape index (κ3) is 10.0. The van der Waals surface area contributed by atoms with Crippen molar-refractivity contribution in [1.29, 1.82) is 0 Å². The Labute approximate surface area is 104 Å². The third-order valence-corrected chi connectivity index (χ3v) is 2.11. The molecule has 4 nitrogen and oxygen atoms in total. The standard InChI is InChI=1S/C13H23O4/c1-4-8-16-10-12(14)7-5-6-9-17-13(15)11(2)3/h12,14H,1-2,4-10H2,3H3. The quantitative estimate of drug-likeness (QED) is 0.361. The van der Waals surface area contributed by atoms with E-state index in [1.807, 2.05) is 0 Å². The van der Waals surface area contributed by atoms with Gasteiger partial charge in [0.15, 0.2) is 0 Å². The summed E-state index contributed by atoms with van der Waals surface area (Å²) < 4.78 is 10.1. The summed E-state index contributed by atoms with van der Waals surface area (Å²) in [5, 5.41) is 9.51. The van der Waals surface area contributed by atoms with Gasteiger partial charge in [-0.3, -0.25) is 0 Å². The molecule has 0 heterocycles. The topological polar surface area (TPSA) is 55.8 Å². The number of rotatable bonds is 10. The van der Waals surface area contributed by atoms with Gasteiger partial charge in [0, 0.05) is 12.2 Å². The highest BCUT2D eigenvalue weighted by atomic mass is 16.5. The van der Waals surface area contributed by atoms with Gasteiger partial charge in [-0.25, -0.2) is 4.79 Å². The number of aliphatic hydroxyl groups excluding tert-OH is 1. The molecule has 0 saturated carbocycles. The molecular formula is C13H23O4. The first-order valence-electron chi connectivity index (χ1n) is 5.95. The summed E-state index contributed by atoms with van der Waals surface area (Å²) in [7, 11) is 0. The van der Waals surface area contributed by atoms with Crippen LogP contribution >= 0.6 is 0 Å². The maximum atomic E-state index is 11.0. The minimum Gasteiger partial charge on any atom is -0.462 e. The van der Waals surface area contributed by atoms with Crippen molar-refractivity contribution in [2.45, 2.75) is 38.7 Å². The summed E-state index contributed by atoms with van der Waals surface area (Å²) >= 11 is 0. The molecule has 0 aromatic heterocycles. The van der Waals surface area contributed by atoms with Crippen LogP contribution in [0.1, 0.15) is 32.6 Å². The van der Waals surface area contributed by atoms with Gasteiger partial charge in [-0.1, -0.05) is 13.5 Å². The minimum absolute atomic E-state index is 0.348. The summed E-state index contributed by atoms with van der Waals surface area (Å²) in [5.74, 6) is -0.357. The zero-order valence-electron chi connectivity index (χ0n) is 10.6. The van der Waals surface area contributed by atoms with Crippen LogP contribution in [-0.4, -0.2) is 37.0 Å². The Balaban J connectivity index is 3.33. The van der Waals surface area contributed by atoms with E-state index in [2.05, 4.69) is 13.5 Å². The molecule has 17 heavy (non-hydrogen) atoms. The zero-order chi connectivity index (χ0) is 13.1. The number of hydrogen-bond acceptors (Lipinski definition) is 4. The van der Waals surface area contributed by atoms with Crippen LogP contribution in [0, 0.1) is 6.92 Å². The summed E-state index contributed by atoms with van der Waals surface area (Å²) in [6.07, 6.45) is 2.47. The molecule has 0 aliphatic rings. The predicted octanol–water partition coefficient (Wildman–Crippen LogP) is 1.88. The molecule has 0 amide bonds. The first-order valence-corrected chi connectivity index (χ1v) is 5.95. The van der Waals surface area contributed by atoms with Crippen LogP contribution in [0.25, 0.3) is 0 Å². The molecule has 0 fully saturated rings. The molecular weight excluding hydrogens is 220 g/mol. The minimum atomic E-state index is -0.446. The second-order valence-electron chi connectivity index (χ2n) is 3.99. The van der Waals surface area contributed by atoms with Crippen LogP contribution in [0.4, 0.5) is 0 Å². The maximum Gasteiger partial charge on any atom is 0.333 e. The van der Waals surface area contributed by atoms with E-state index in [9.17, 15) is 9.90 Å². The lowest BCUT2D eigenvalue weighted by atomic mass is 10.2. The Morgan fingerprint density at radius 2 is 2.06 bits per heavy atom. The first kappa shape index (κ1) is 16.1. The number of hydrogen-bond donors (Lipinski definition) is 1. The van der Waals surface area contributed by atoms with Crippen molar-refractivity contribution in [2.75, 3.05) is 19.8 Å². The van der Waals surface area contributed by atoms with Gasteiger partial charge in [0.05, 0.1) is 19.3 Å². The van der Waals surface area contributed by atoms with Crippen molar-refractivity contribution in [3.8, 4) is 0 Å². The highest BCUT2D eigenvalue weighted by molar-refractivity contribution is 5.86. The molecule has 0 aliphatic carbocycles. The Morgan fingerprint density at radius 1 is 1.35 bits per heavy atom. The molecule has 0 bridgehead atoms. The second-order valence-corrected chi connectivity index (χ2v) is 3.99. The summed E-state index contributed by atoms with van der Waals surface area (Å²) in [6, 6.07) is 0. The predicted molar refractivity (Wildman–Crippen MR) is 66.4 cm³/mol. The SMILES string of the molecule is [CH2]CCOCC(O)CCCCOC(=O)C(=C)C. The highest BCUT2D eigenvalue weighted by Gasteiger charge is 2.05. The first-order chi connectivity index (χ1) is 8.07.